The first-order valence-corrected chi connectivity index (χ1v) is 8.63. The Morgan fingerprint density at radius 3 is 2.29 bits per heavy atom. The van der Waals surface area contributed by atoms with Crippen molar-refractivity contribution in [1.29, 1.82) is 0 Å². The highest BCUT2D eigenvalue weighted by Crippen LogP contribution is 2.45. The van der Waals surface area contributed by atoms with E-state index in [0.717, 1.165) is 19.2 Å². The van der Waals surface area contributed by atoms with Gasteiger partial charge in [-0.1, -0.05) is 0 Å². The number of methoxy groups -OCH3 is 1. The van der Waals surface area contributed by atoms with Crippen LogP contribution in [0.15, 0.2) is 18.2 Å². The van der Waals surface area contributed by atoms with Gasteiger partial charge in [-0.25, -0.2) is 0 Å². The Balaban J connectivity index is 1.89. The van der Waals surface area contributed by atoms with Crippen molar-refractivity contribution in [3.8, 4) is 5.75 Å². The largest absolute Gasteiger partial charge is 0.496 e. The Bertz CT molecular complexity index is 758. The van der Waals surface area contributed by atoms with Crippen molar-refractivity contribution in [3.05, 3.63) is 29.3 Å². The van der Waals surface area contributed by atoms with E-state index in [4.69, 9.17) is 29.4 Å². The molecule has 0 aromatic heterocycles. The van der Waals surface area contributed by atoms with Crippen LogP contribution in [0, 0.1) is 0 Å². The van der Waals surface area contributed by atoms with Crippen LogP contribution < -0.4 is 10.5 Å². The highest BCUT2D eigenvalue weighted by molar-refractivity contribution is 5.97. The molecule has 1 unspecified atom stereocenters. The van der Waals surface area contributed by atoms with E-state index in [2.05, 4.69) is 0 Å². The summed E-state index contributed by atoms with van der Waals surface area (Å²) in [6.45, 7) is 4.82. The van der Waals surface area contributed by atoms with Gasteiger partial charge in [0.1, 0.15) is 11.3 Å². The van der Waals surface area contributed by atoms with Crippen LogP contribution in [0.5, 0.6) is 5.75 Å². The Labute approximate surface area is 159 Å². The summed E-state index contributed by atoms with van der Waals surface area (Å²) in [5, 5.41) is 0. The van der Waals surface area contributed by atoms with Crippen molar-refractivity contribution in [1.82, 2.24) is 0 Å². The van der Waals surface area contributed by atoms with Gasteiger partial charge in [-0.2, -0.15) is 13.2 Å². The molecule has 1 atom stereocenters. The van der Waals surface area contributed by atoms with Crippen LogP contribution in [0.3, 0.4) is 0 Å². The molecular formula is C18H22F3NO6. The summed E-state index contributed by atoms with van der Waals surface area (Å²) in [5.41, 5.74) is 3.62. The first-order chi connectivity index (χ1) is 12.9. The van der Waals surface area contributed by atoms with E-state index >= 15 is 0 Å². The average molecular weight is 405 g/mol. The fourth-order valence-electron chi connectivity index (χ4n) is 3.39. The molecule has 2 fully saturated rings. The van der Waals surface area contributed by atoms with Crippen molar-refractivity contribution < 1.29 is 41.7 Å². The lowest BCUT2D eigenvalue weighted by atomic mass is 9.81. The van der Waals surface area contributed by atoms with Gasteiger partial charge in [0.05, 0.1) is 12.7 Å². The standard InChI is InChI=1S/C18H22F3NO6/c1-9-25-15(26-9)17(22,16(3)27-10(2)28-16)8-13(23)11-5-6-14(24-4)12(7-11)18(19,20)21/h5-7,9-10,15H,8,22H2,1-4H3. The van der Waals surface area contributed by atoms with Crippen LogP contribution in [0.4, 0.5) is 13.2 Å². The Hall–Kier alpha value is -1.72. The fraction of sp³-hybridized carbons (Fsp3) is 0.611. The molecule has 2 saturated heterocycles. The lowest BCUT2D eigenvalue weighted by Gasteiger charge is -2.57. The van der Waals surface area contributed by atoms with Gasteiger partial charge in [0.25, 0.3) is 0 Å². The molecule has 2 aliphatic heterocycles. The highest BCUT2D eigenvalue weighted by Gasteiger charge is 2.63. The second kappa shape index (κ2) is 6.96. The lowest BCUT2D eigenvalue weighted by molar-refractivity contribution is -0.498. The number of halogens is 3. The normalized spacial score (nSPS) is 32.1. The number of ketones is 1. The summed E-state index contributed by atoms with van der Waals surface area (Å²) >= 11 is 0. The summed E-state index contributed by atoms with van der Waals surface area (Å²) in [7, 11) is 1.12. The Morgan fingerprint density at radius 1 is 1.21 bits per heavy atom. The number of ether oxygens (including phenoxy) is 5. The highest BCUT2D eigenvalue weighted by atomic mass is 19.4. The number of rotatable bonds is 6. The molecule has 7 nitrogen and oxygen atoms in total. The molecule has 2 heterocycles. The Kier molecular flexibility index (Phi) is 5.22. The smallest absolute Gasteiger partial charge is 0.419 e. The maximum atomic E-state index is 13.3. The number of hydrogen-bond acceptors (Lipinski definition) is 7. The number of carbonyl (C=O) groups is 1. The molecule has 1 aromatic carbocycles. The number of alkyl halides is 3. The quantitative estimate of drug-likeness (QED) is 0.728. The number of hydrogen-bond donors (Lipinski definition) is 1. The molecule has 0 bridgehead atoms. The van der Waals surface area contributed by atoms with Crippen LogP contribution in [0.25, 0.3) is 0 Å². The van der Waals surface area contributed by atoms with Gasteiger partial charge in [0.2, 0.25) is 0 Å². The van der Waals surface area contributed by atoms with Crippen molar-refractivity contribution in [3.63, 3.8) is 0 Å². The zero-order chi connectivity index (χ0) is 20.9. The lowest BCUT2D eigenvalue weighted by Crippen LogP contribution is -2.77. The van der Waals surface area contributed by atoms with E-state index in [1.807, 2.05) is 0 Å². The molecule has 28 heavy (non-hydrogen) atoms. The van der Waals surface area contributed by atoms with Gasteiger partial charge in [0.15, 0.2) is 30.4 Å². The minimum atomic E-state index is -4.68. The van der Waals surface area contributed by atoms with Crippen molar-refractivity contribution >= 4 is 5.78 Å². The third-order valence-corrected chi connectivity index (χ3v) is 4.96. The van der Waals surface area contributed by atoms with Gasteiger partial charge >= 0.3 is 6.18 Å². The average Bonchev–Trinajstić information content (AvgIpc) is 2.56. The maximum absolute atomic E-state index is 13.3. The second-order valence-electron chi connectivity index (χ2n) is 6.97. The predicted molar refractivity (Wildman–Crippen MR) is 89.3 cm³/mol. The Morgan fingerprint density at radius 2 is 1.82 bits per heavy atom. The number of nitrogens with two attached hydrogens (primary N) is 1. The van der Waals surface area contributed by atoms with E-state index in [1.54, 1.807) is 13.8 Å². The molecule has 0 spiro atoms. The van der Waals surface area contributed by atoms with Gasteiger partial charge < -0.3 is 29.4 Å². The monoisotopic (exact) mass is 405 g/mol. The molecule has 0 amide bonds. The fourth-order valence-corrected chi connectivity index (χ4v) is 3.39. The van der Waals surface area contributed by atoms with Crippen molar-refractivity contribution in [2.75, 3.05) is 7.11 Å². The summed E-state index contributed by atoms with van der Waals surface area (Å²) in [6.07, 6.45) is -7.18. The van der Waals surface area contributed by atoms with Gasteiger partial charge in [-0.3, -0.25) is 4.79 Å². The molecule has 156 valence electrons. The van der Waals surface area contributed by atoms with Crippen LogP contribution in [-0.2, 0) is 25.1 Å². The summed E-state index contributed by atoms with van der Waals surface area (Å²) < 4.78 is 66.6. The molecule has 0 saturated carbocycles. The molecule has 2 aliphatic rings. The zero-order valence-electron chi connectivity index (χ0n) is 15.8. The minimum absolute atomic E-state index is 0.175. The van der Waals surface area contributed by atoms with E-state index in [0.29, 0.717) is 0 Å². The van der Waals surface area contributed by atoms with Crippen LogP contribution in [0.2, 0.25) is 0 Å². The second-order valence-corrected chi connectivity index (χ2v) is 6.97. The molecule has 3 rings (SSSR count). The molecule has 0 radical (unpaired) electrons. The van der Waals surface area contributed by atoms with Crippen LogP contribution in [-0.4, -0.2) is 43.1 Å². The van der Waals surface area contributed by atoms with E-state index in [1.165, 1.54) is 13.0 Å². The van der Waals surface area contributed by atoms with Gasteiger partial charge in [0, 0.05) is 12.0 Å². The van der Waals surface area contributed by atoms with Gasteiger partial charge in [-0.05, 0) is 39.0 Å². The number of carbonyl (C=O) groups excluding carboxylic acids is 1. The molecule has 0 aliphatic carbocycles. The predicted octanol–water partition coefficient (Wildman–Crippen LogP) is 2.81. The van der Waals surface area contributed by atoms with Crippen LogP contribution >= 0.6 is 0 Å². The topological polar surface area (TPSA) is 89.2 Å². The zero-order valence-corrected chi connectivity index (χ0v) is 15.8. The SMILES string of the molecule is COc1ccc(C(=O)CC(N)(C2OC(C)O2)C2(C)OC(C)O2)cc1C(F)(F)F. The number of Topliss-reactive ketones (excluding diaryl/α,β-unsaturated/α-hetero) is 1. The molecule has 10 heteroatoms. The first kappa shape index (κ1) is 21.0. The summed E-state index contributed by atoms with van der Waals surface area (Å²) in [5.74, 6) is -2.42. The third kappa shape index (κ3) is 3.50. The third-order valence-electron chi connectivity index (χ3n) is 4.96. The molecule has 1 aromatic rings. The van der Waals surface area contributed by atoms with E-state index in [-0.39, 0.29) is 11.3 Å². The minimum Gasteiger partial charge on any atom is -0.496 e. The summed E-state index contributed by atoms with van der Waals surface area (Å²) in [4.78, 5) is 12.8. The molecule has 2 N–H and O–H groups in total. The van der Waals surface area contributed by atoms with E-state index in [9.17, 15) is 18.0 Å². The van der Waals surface area contributed by atoms with Crippen molar-refractivity contribution in [2.45, 2.75) is 63.6 Å². The number of benzene rings is 1. The maximum Gasteiger partial charge on any atom is 0.419 e. The van der Waals surface area contributed by atoms with Gasteiger partial charge in [-0.15, -0.1) is 0 Å². The van der Waals surface area contributed by atoms with E-state index < -0.39 is 54.1 Å². The van der Waals surface area contributed by atoms with Crippen LogP contribution in [0.1, 0.15) is 43.1 Å². The summed E-state index contributed by atoms with van der Waals surface area (Å²) in [6, 6.07) is 3.07. The first-order valence-electron chi connectivity index (χ1n) is 8.63. The van der Waals surface area contributed by atoms with Crippen molar-refractivity contribution in [2.24, 2.45) is 5.73 Å². The molecular weight excluding hydrogens is 383 g/mol.